The SMILES string of the molecule is CCOC(=O)c1c(C2CC2)csc1NC(=O)CN1CCC(C(=O)Nc2nc(C)cs2)CC1. The summed E-state index contributed by atoms with van der Waals surface area (Å²) < 4.78 is 5.22. The Bertz CT molecular complexity index is 990. The molecule has 1 saturated carbocycles. The Kier molecular flexibility index (Phi) is 7.22. The van der Waals surface area contributed by atoms with Crippen molar-refractivity contribution in [1.29, 1.82) is 0 Å². The van der Waals surface area contributed by atoms with E-state index in [0.717, 1.165) is 24.1 Å². The highest BCUT2D eigenvalue weighted by atomic mass is 32.1. The average molecular weight is 477 g/mol. The third-order valence-corrected chi connectivity index (χ3v) is 7.53. The minimum Gasteiger partial charge on any atom is -0.462 e. The number of thiophene rings is 1. The lowest BCUT2D eigenvalue weighted by Crippen LogP contribution is -2.41. The van der Waals surface area contributed by atoms with Crippen LogP contribution in [0.3, 0.4) is 0 Å². The summed E-state index contributed by atoms with van der Waals surface area (Å²) in [6.45, 7) is 5.56. The Morgan fingerprint density at radius 2 is 1.88 bits per heavy atom. The molecule has 0 spiro atoms. The molecular formula is C22H28N4O4S2. The molecule has 32 heavy (non-hydrogen) atoms. The van der Waals surface area contributed by atoms with Crippen molar-refractivity contribution in [2.45, 2.75) is 45.4 Å². The van der Waals surface area contributed by atoms with Crippen LogP contribution in [0, 0.1) is 12.8 Å². The molecule has 2 fully saturated rings. The first-order chi connectivity index (χ1) is 15.4. The van der Waals surface area contributed by atoms with Gasteiger partial charge in [-0.3, -0.25) is 14.5 Å². The molecule has 2 amide bonds. The van der Waals surface area contributed by atoms with Crippen LogP contribution in [0.25, 0.3) is 0 Å². The monoisotopic (exact) mass is 476 g/mol. The third kappa shape index (κ3) is 5.54. The van der Waals surface area contributed by atoms with E-state index in [1.165, 1.54) is 22.7 Å². The van der Waals surface area contributed by atoms with Gasteiger partial charge < -0.3 is 15.4 Å². The van der Waals surface area contributed by atoms with Crippen LogP contribution in [-0.2, 0) is 14.3 Å². The lowest BCUT2D eigenvalue weighted by molar-refractivity contribution is -0.121. The summed E-state index contributed by atoms with van der Waals surface area (Å²) in [6, 6.07) is 0. The molecule has 2 N–H and O–H groups in total. The Balaban J connectivity index is 1.28. The second-order valence-corrected chi connectivity index (χ2v) is 10.0. The van der Waals surface area contributed by atoms with E-state index >= 15 is 0 Å². The van der Waals surface area contributed by atoms with Crippen LogP contribution in [0.4, 0.5) is 10.1 Å². The van der Waals surface area contributed by atoms with Crippen molar-refractivity contribution in [3.63, 3.8) is 0 Å². The van der Waals surface area contributed by atoms with Crippen LogP contribution in [0.5, 0.6) is 0 Å². The van der Waals surface area contributed by atoms with Gasteiger partial charge in [-0.25, -0.2) is 9.78 Å². The minimum atomic E-state index is -0.367. The summed E-state index contributed by atoms with van der Waals surface area (Å²) in [4.78, 5) is 44.0. The molecule has 2 aromatic heterocycles. The van der Waals surface area contributed by atoms with Crippen LogP contribution >= 0.6 is 22.7 Å². The number of ether oxygens (including phenoxy) is 1. The minimum absolute atomic E-state index is 0.00581. The van der Waals surface area contributed by atoms with Gasteiger partial charge in [0.15, 0.2) is 5.13 Å². The van der Waals surface area contributed by atoms with Crippen molar-refractivity contribution < 1.29 is 19.1 Å². The van der Waals surface area contributed by atoms with E-state index in [9.17, 15) is 14.4 Å². The van der Waals surface area contributed by atoms with Gasteiger partial charge in [-0.15, -0.1) is 22.7 Å². The predicted octanol–water partition coefficient (Wildman–Crippen LogP) is 3.86. The number of hydrogen-bond donors (Lipinski definition) is 2. The van der Waals surface area contributed by atoms with E-state index in [-0.39, 0.29) is 30.2 Å². The molecule has 10 heteroatoms. The number of piperidine rings is 1. The summed E-state index contributed by atoms with van der Waals surface area (Å²) in [5, 5.41) is 10.9. The average Bonchev–Trinajstić information content (AvgIpc) is 3.40. The molecule has 3 heterocycles. The van der Waals surface area contributed by atoms with E-state index in [4.69, 9.17) is 4.74 Å². The fourth-order valence-corrected chi connectivity index (χ4v) is 5.65. The zero-order chi connectivity index (χ0) is 22.7. The molecule has 2 aliphatic rings. The van der Waals surface area contributed by atoms with Gasteiger partial charge in [0, 0.05) is 11.3 Å². The molecule has 0 radical (unpaired) electrons. The second kappa shape index (κ2) is 10.1. The Morgan fingerprint density at radius 3 is 2.50 bits per heavy atom. The van der Waals surface area contributed by atoms with E-state index < -0.39 is 0 Å². The van der Waals surface area contributed by atoms with Gasteiger partial charge in [-0.05, 0) is 69.5 Å². The molecule has 0 unspecified atom stereocenters. The van der Waals surface area contributed by atoms with Crippen LogP contribution < -0.4 is 10.6 Å². The number of hydrogen-bond acceptors (Lipinski definition) is 8. The first kappa shape index (κ1) is 22.9. The van der Waals surface area contributed by atoms with Crippen LogP contribution in [0.2, 0.25) is 0 Å². The Labute approximate surface area is 195 Å². The summed E-state index contributed by atoms with van der Waals surface area (Å²) in [5.41, 5.74) is 2.40. The molecule has 172 valence electrons. The molecule has 1 saturated heterocycles. The molecular weight excluding hydrogens is 448 g/mol. The third-order valence-electron chi connectivity index (χ3n) is 5.74. The van der Waals surface area contributed by atoms with E-state index in [0.29, 0.717) is 54.2 Å². The number of esters is 1. The first-order valence-corrected chi connectivity index (χ1v) is 12.7. The van der Waals surface area contributed by atoms with Crippen LogP contribution in [-0.4, -0.2) is 53.9 Å². The molecule has 0 bridgehead atoms. The summed E-state index contributed by atoms with van der Waals surface area (Å²) >= 11 is 2.81. The number of carbonyl (C=O) groups excluding carboxylic acids is 3. The number of carbonyl (C=O) groups is 3. The van der Waals surface area contributed by atoms with Crippen molar-refractivity contribution in [2.24, 2.45) is 5.92 Å². The predicted molar refractivity (Wildman–Crippen MR) is 126 cm³/mol. The van der Waals surface area contributed by atoms with E-state index in [1.54, 1.807) is 6.92 Å². The number of nitrogens with zero attached hydrogens (tertiary/aromatic N) is 2. The van der Waals surface area contributed by atoms with Crippen molar-refractivity contribution >= 4 is 50.6 Å². The van der Waals surface area contributed by atoms with Crippen molar-refractivity contribution in [3.05, 3.63) is 27.6 Å². The lowest BCUT2D eigenvalue weighted by atomic mass is 9.96. The smallest absolute Gasteiger partial charge is 0.341 e. The van der Waals surface area contributed by atoms with Gasteiger partial charge in [-0.1, -0.05) is 0 Å². The molecule has 0 atom stereocenters. The van der Waals surface area contributed by atoms with Crippen LogP contribution in [0.15, 0.2) is 10.8 Å². The van der Waals surface area contributed by atoms with Gasteiger partial charge in [-0.2, -0.15) is 0 Å². The van der Waals surface area contributed by atoms with Gasteiger partial charge in [0.1, 0.15) is 5.00 Å². The number of rotatable bonds is 8. The number of nitrogens with one attached hydrogen (secondary N) is 2. The van der Waals surface area contributed by atoms with E-state index in [1.807, 2.05) is 22.6 Å². The van der Waals surface area contributed by atoms with Crippen molar-refractivity contribution in [2.75, 3.05) is 36.9 Å². The number of aromatic nitrogens is 1. The quantitative estimate of drug-likeness (QED) is 0.561. The van der Waals surface area contributed by atoms with Gasteiger partial charge in [0.2, 0.25) is 11.8 Å². The van der Waals surface area contributed by atoms with Gasteiger partial charge in [0.25, 0.3) is 0 Å². The Morgan fingerprint density at radius 1 is 1.12 bits per heavy atom. The molecule has 1 aliphatic carbocycles. The van der Waals surface area contributed by atoms with E-state index in [2.05, 4.69) is 15.6 Å². The van der Waals surface area contributed by atoms with Gasteiger partial charge in [0.05, 0.1) is 24.4 Å². The fourth-order valence-electron chi connectivity index (χ4n) is 3.91. The summed E-state index contributed by atoms with van der Waals surface area (Å²) in [6.07, 6.45) is 3.53. The number of thiazole rings is 1. The maximum Gasteiger partial charge on any atom is 0.341 e. The maximum atomic E-state index is 12.7. The molecule has 8 nitrogen and oxygen atoms in total. The first-order valence-electron chi connectivity index (χ1n) is 11.0. The number of anilines is 2. The number of amides is 2. The van der Waals surface area contributed by atoms with Crippen LogP contribution in [0.1, 0.15) is 60.1 Å². The number of aryl methyl sites for hydroxylation is 1. The molecule has 2 aromatic rings. The zero-order valence-electron chi connectivity index (χ0n) is 18.3. The number of likely N-dealkylation sites (tertiary alicyclic amines) is 1. The maximum absolute atomic E-state index is 12.7. The largest absolute Gasteiger partial charge is 0.462 e. The van der Waals surface area contributed by atoms with Gasteiger partial charge >= 0.3 is 5.97 Å². The van der Waals surface area contributed by atoms with Crippen molar-refractivity contribution in [1.82, 2.24) is 9.88 Å². The summed E-state index contributed by atoms with van der Waals surface area (Å²) in [7, 11) is 0. The molecule has 1 aliphatic heterocycles. The molecule has 0 aromatic carbocycles. The standard InChI is InChI=1S/C22H28N4O4S2/c1-3-30-21(29)18-16(14-4-5-14)12-31-20(18)24-17(27)10-26-8-6-15(7-9-26)19(28)25-22-23-13(2)11-32-22/h11-12,14-15H,3-10H2,1-2H3,(H,24,27)(H,23,25,28). The summed E-state index contributed by atoms with van der Waals surface area (Å²) in [5.74, 6) is -0.204. The topological polar surface area (TPSA) is 101 Å². The highest BCUT2D eigenvalue weighted by Gasteiger charge is 2.33. The zero-order valence-corrected chi connectivity index (χ0v) is 19.9. The highest BCUT2D eigenvalue weighted by Crippen LogP contribution is 2.46. The normalized spacial score (nSPS) is 17.2. The fraction of sp³-hybridized carbons (Fsp3) is 0.545. The van der Waals surface area contributed by atoms with Crippen molar-refractivity contribution in [3.8, 4) is 0 Å². The lowest BCUT2D eigenvalue weighted by Gasteiger charge is -2.30. The highest BCUT2D eigenvalue weighted by molar-refractivity contribution is 7.15. The Hall–Kier alpha value is -2.30. The molecule has 4 rings (SSSR count). The second-order valence-electron chi connectivity index (χ2n) is 8.27.